The number of esters is 8. The molecule has 25 nitrogen and oxygen atoms in total. The van der Waals surface area contributed by atoms with Gasteiger partial charge >= 0.3 is 57.9 Å². The number of carbonyl (C=O) groups excluding carboxylic acids is 8. The van der Waals surface area contributed by atoms with Crippen molar-refractivity contribution in [3.05, 3.63) is 205 Å². The Hall–Kier alpha value is -11.2. The average molecular weight is 1480 g/mol. The van der Waals surface area contributed by atoms with E-state index in [1.54, 1.807) is 42.5 Å². The molecule has 0 saturated carbocycles. The average Bonchev–Trinajstić information content (AvgIpc) is 0.859. The van der Waals surface area contributed by atoms with E-state index in [0.717, 1.165) is 25.7 Å². The van der Waals surface area contributed by atoms with E-state index in [4.69, 9.17) is 70.5 Å². The van der Waals surface area contributed by atoms with Crippen LogP contribution in [0.15, 0.2) is 127 Å². The standard InChI is InChI=1S/C80H90O25S/c1-10-11-12-13-14-15-16-17-18-19-20-21-22-23-24-106(89,90)105-72-32-56(50-99-66-28-52(46-101-68-38-58(73(81)91-2)34-59(39-68)74(82)92-3)25-53(29-66)47-102-69-40-60(75(83)93-4)35-61(41-69)76(84)94-5)27-57(33-72)51-100-67-30-54(48-103-70-42-62(77(85)95-6)36-63(43-70)78(86)96-7)26-55(31-67)49-104-71-44-64(79(87)97-8)37-65(45-71)80(88)98-9/h25-45H,10-24,46-51H2,1-9H3. The van der Waals surface area contributed by atoms with Crippen molar-refractivity contribution in [3.63, 3.8) is 0 Å². The van der Waals surface area contributed by atoms with Gasteiger partial charge < -0.3 is 70.5 Å². The number of hydrogen-bond donors (Lipinski definition) is 0. The molecule has 0 unspecified atom stereocenters. The molecule has 0 N–H and O–H groups in total. The maximum Gasteiger partial charge on any atom is 0.338 e. The van der Waals surface area contributed by atoms with Gasteiger partial charge in [0.05, 0.1) is 107 Å². The highest BCUT2D eigenvalue weighted by molar-refractivity contribution is 7.87. The summed E-state index contributed by atoms with van der Waals surface area (Å²) in [4.78, 5) is 102. The van der Waals surface area contributed by atoms with Crippen molar-refractivity contribution in [1.82, 2.24) is 0 Å². The minimum Gasteiger partial charge on any atom is -0.489 e. The van der Waals surface area contributed by atoms with Gasteiger partial charge in [-0.2, -0.15) is 8.42 Å². The molecule has 0 bridgehead atoms. The fourth-order valence-corrected chi connectivity index (χ4v) is 12.2. The minimum absolute atomic E-state index is 0.0110. The first-order chi connectivity index (χ1) is 51.1. The second-order valence-corrected chi connectivity index (χ2v) is 26.2. The highest BCUT2D eigenvalue weighted by Crippen LogP contribution is 2.31. The molecular formula is C80H90O25S. The van der Waals surface area contributed by atoms with Crippen LogP contribution in [-0.4, -0.2) is 119 Å². The molecule has 566 valence electrons. The van der Waals surface area contributed by atoms with Gasteiger partial charge in [0.25, 0.3) is 0 Å². The van der Waals surface area contributed by atoms with Crippen LogP contribution in [0.5, 0.6) is 40.2 Å². The summed E-state index contributed by atoms with van der Waals surface area (Å²) in [5.41, 5.74) is 2.86. The lowest BCUT2D eigenvalue weighted by atomic mass is 10.0. The van der Waals surface area contributed by atoms with E-state index in [2.05, 4.69) is 6.92 Å². The fourth-order valence-electron chi connectivity index (χ4n) is 11.2. The Kier molecular flexibility index (Phi) is 32.5. The molecule has 7 aromatic rings. The molecule has 0 heterocycles. The molecule has 0 aliphatic carbocycles. The molecule has 7 rings (SSSR count). The van der Waals surface area contributed by atoms with E-state index in [0.29, 0.717) is 46.2 Å². The molecule has 0 radical (unpaired) electrons. The zero-order valence-electron chi connectivity index (χ0n) is 61.1. The lowest BCUT2D eigenvalue weighted by Crippen LogP contribution is -2.14. The summed E-state index contributed by atoms with van der Waals surface area (Å²) in [7, 11) is 5.34. The van der Waals surface area contributed by atoms with Crippen LogP contribution >= 0.6 is 0 Å². The van der Waals surface area contributed by atoms with Gasteiger partial charge in [0.15, 0.2) is 0 Å². The van der Waals surface area contributed by atoms with Crippen LogP contribution in [0, 0.1) is 0 Å². The lowest BCUT2D eigenvalue weighted by molar-refractivity contribution is 0.0580. The van der Waals surface area contributed by atoms with Gasteiger partial charge in [-0.25, -0.2) is 38.4 Å². The van der Waals surface area contributed by atoms with Crippen LogP contribution in [0.1, 0.15) is 213 Å². The highest BCUT2D eigenvalue weighted by atomic mass is 32.2. The first-order valence-electron chi connectivity index (χ1n) is 34.4. The zero-order valence-corrected chi connectivity index (χ0v) is 61.9. The van der Waals surface area contributed by atoms with Crippen molar-refractivity contribution in [2.75, 3.05) is 62.6 Å². The summed E-state index contributed by atoms with van der Waals surface area (Å²) < 4.78 is 111. The van der Waals surface area contributed by atoms with Crippen molar-refractivity contribution in [3.8, 4) is 40.2 Å². The molecule has 0 saturated heterocycles. The molecule has 7 aromatic carbocycles. The second kappa shape index (κ2) is 42.0. The SMILES string of the molecule is CCCCCCCCCCCCCCCCS(=O)(=O)Oc1cc(COc2cc(COc3cc(C(=O)OC)cc(C(=O)OC)c3)cc(COc3cc(C(=O)OC)cc(C(=O)OC)c3)c2)cc(COc2cc(COc3cc(C(=O)OC)cc(C(=O)OC)c3)cc(COc3cc(C(=O)OC)cc(C(=O)OC)c3)c2)c1. The van der Waals surface area contributed by atoms with Gasteiger partial charge in [-0.3, -0.25) is 0 Å². The van der Waals surface area contributed by atoms with Crippen LogP contribution < -0.4 is 32.6 Å². The van der Waals surface area contributed by atoms with Crippen LogP contribution in [0.2, 0.25) is 0 Å². The molecule has 0 aliphatic rings. The largest absolute Gasteiger partial charge is 0.489 e. The predicted octanol–water partition coefficient (Wildman–Crippen LogP) is 14.6. The second-order valence-electron chi connectivity index (χ2n) is 24.5. The Balaban J connectivity index is 1.21. The van der Waals surface area contributed by atoms with Crippen molar-refractivity contribution < 1.29 is 117 Å². The molecule has 0 aromatic heterocycles. The van der Waals surface area contributed by atoms with Gasteiger partial charge in [-0.15, -0.1) is 0 Å². The zero-order chi connectivity index (χ0) is 76.5. The number of ether oxygens (including phenoxy) is 14. The Morgan fingerprint density at radius 2 is 0.415 bits per heavy atom. The molecular weight excluding hydrogens is 1390 g/mol. The first-order valence-corrected chi connectivity index (χ1v) is 36.0. The molecule has 26 heteroatoms. The Morgan fingerprint density at radius 3 is 0.613 bits per heavy atom. The number of hydrogen-bond acceptors (Lipinski definition) is 25. The van der Waals surface area contributed by atoms with Crippen LogP contribution in [0.25, 0.3) is 0 Å². The van der Waals surface area contributed by atoms with Crippen LogP contribution in [0.3, 0.4) is 0 Å². The third kappa shape index (κ3) is 26.2. The maximum absolute atomic E-state index is 13.9. The predicted molar refractivity (Wildman–Crippen MR) is 387 cm³/mol. The number of rotatable bonds is 43. The molecule has 0 aliphatic heterocycles. The number of methoxy groups -OCH3 is 8. The van der Waals surface area contributed by atoms with Gasteiger partial charge in [0, 0.05) is 0 Å². The number of unbranched alkanes of at least 4 members (excludes halogenated alkanes) is 13. The quantitative estimate of drug-likeness (QED) is 0.0148. The van der Waals surface area contributed by atoms with E-state index in [-0.39, 0.29) is 130 Å². The Bertz CT molecular complexity index is 3740. The lowest BCUT2D eigenvalue weighted by Gasteiger charge is -2.16. The highest BCUT2D eigenvalue weighted by Gasteiger charge is 2.22. The van der Waals surface area contributed by atoms with E-state index in [1.165, 1.54) is 193 Å². The summed E-state index contributed by atoms with van der Waals surface area (Å²) in [6.07, 6.45) is 15.2. The third-order valence-electron chi connectivity index (χ3n) is 16.5. The maximum atomic E-state index is 13.9. The van der Waals surface area contributed by atoms with Crippen LogP contribution in [0.4, 0.5) is 0 Å². The van der Waals surface area contributed by atoms with Crippen molar-refractivity contribution >= 4 is 57.9 Å². The Morgan fingerprint density at radius 1 is 0.236 bits per heavy atom. The van der Waals surface area contributed by atoms with Crippen molar-refractivity contribution in [2.24, 2.45) is 0 Å². The van der Waals surface area contributed by atoms with E-state index < -0.39 is 57.9 Å². The molecule has 0 fully saturated rings. The van der Waals surface area contributed by atoms with Crippen molar-refractivity contribution in [1.29, 1.82) is 0 Å². The van der Waals surface area contributed by atoms with E-state index in [1.807, 2.05) is 0 Å². The molecule has 0 spiro atoms. The smallest absolute Gasteiger partial charge is 0.338 e. The van der Waals surface area contributed by atoms with Crippen molar-refractivity contribution in [2.45, 2.75) is 136 Å². The molecule has 0 amide bonds. The van der Waals surface area contributed by atoms with Gasteiger partial charge in [-0.1, -0.05) is 90.4 Å². The van der Waals surface area contributed by atoms with Crippen LogP contribution in [-0.2, 0) is 87.7 Å². The van der Waals surface area contributed by atoms with E-state index >= 15 is 0 Å². The summed E-state index contributed by atoms with van der Waals surface area (Å²) >= 11 is 0. The topological polar surface area (TPSA) is 309 Å². The normalized spacial score (nSPS) is 10.9. The first kappa shape index (κ1) is 82.1. The summed E-state index contributed by atoms with van der Waals surface area (Å²) in [6.45, 7) is 1.08. The van der Waals surface area contributed by atoms with E-state index in [9.17, 15) is 46.8 Å². The van der Waals surface area contributed by atoms with Gasteiger partial charge in [0.1, 0.15) is 79.9 Å². The Labute approximate surface area is 616 Å². The number of carbonyl (C=O) groups is 8. The molecule has 106 heavy (non-hydrogen) atoms. The third-order valence-corrected chi connectivity index (χ3v) is 17.7. The molecule has 0 atom stereocenters. The fraction of sp³-hybridized carbons (Fsp3) is 0.375. The number of benzene rings is 7. The van der Waals surface area contributed by atoms with Gasteiger partial charge in [0.2, 0.25) is 0 Å². The summed E-state index contributed by atoms with van der Waals surface area (Å²) in [5, 5.41) is 0. The summed E-state index contributed by atoms with van der Waals surface area (Å²) in [5.74, 6) is -5.29. The van der Waals surface area contributed by atoms with Gasteiger partial charge in [-0.05, 0) is 167 Å². The summed E-state index contributed by atoms with van der Waals surface area (Å²) in [6, 6.07) is 31.2. The minimum atomic E-state index is -4.17. The monoisotopic (exact) mass is 1480 g/mol.